The van der Waals surface area contributed by atoms with Crippen LogP contribution in [0.2, 0.25) is 0 Å². The molecule has 0 radical (unpaired) electrons. The molecule has 0 aliphatic heterocycles. The average Bonchev–Trinajstić information content (AvgIpc) is 3.18. The standard InChI is InChI=1S/C21H20F2N4O2S2/c1-27(10-19(28)24-16-5-3-4-6-18(16)30-2)11-20(29)26-21-25-17(12-31-21)13-7-8-14(22)15(23)9-13/h3-9,12H,10-11H2,1-2H3,(H,24,28)(H,25,26,29). The molecule has 6 nitrogen and oxygen atoms in total. The van der Waals surface area contributed by atoms with Crippen molar-refractivity contribution in [2.24, 2.45) is 0 Å². The molecule has 162 valence electrons. The molecule has 0 aliphatic carbocycles. The van der Waals surface area contributed by atoms with Gasteiger partial charge in [0.25, 0.3) is 0 Å². The second kappa shape index (κ2) is 10.5. The first-order valence-corrected chi connectivity index (χ1v) is 11.3. The lowest BCUT2D eigenvalue weighted by molar-refractivity contribution is -0.119. The normalized spacial score (nSPS) is 10.9. The van der Waals surface area contributed by atoms with E-state index < -0.39 is 11.6 Å². The summed E-state index contributed by atoms with van der Waals surface area (Å²) in [5, 5.41) is 7.47. The second-order valence-electron chi connectivity index (χ2n) is 6.64. The lowest BCUT2D eigenvalue weighted by atomic mass is 10.2. The number of amides is 2. The summed E-state index contributed by atoms with van der Waals surface area (Å²) in [6.45, 7) is 0.0196. The quantitative estimate of drug-likeness (QED) is 0.488. The number of anilines is 2. The maximum Gasteiger partial charge on any atom is 0.240 e. The van der Waals surface area contributed by atoms with Crippen LogP contribution in [0.25, 0.3) is 11.3 Å². The summed E-state index contributed by atoms with van der Waals surface area (Å²) in [4.78, 5) is 31.3. The monoisotopic (exact) mass is 462 g/mol. The van der Waals surface area contributed by atoms with E-state index in [1.54, 1.807) is 17.3 Å². The average molecular weight is 463 g/mol. The molecule has 0 atom stereocenters. The van der Waals surface area contributed by atoms with Crippen LogP contribution in [0.1, 0.15) is 0 Å². The molecule has 0 aliphatic rings. The van der Waals surface area contributed by atoms with Crippen LogP contribution in [0, 0.1) is 11.6 Å². The molecule has 0 saturated carbocycles. The zero-order valence-electron chi connectivity index (χ0n) is 16.8. The molecule has 0 fully saturated rings. The van der Waals surface area contributed by atoms with Crippen molar-refractivity contribution in [1.29, 1.82) is 0 Å². The van der Waals surface area contributed by atoms with Gasteiger partial charge in [-0.3, -0.25) is 14.5 Å². The van der Waals surface area contributed by atoms with E-state index in [9.17, 15) is 18.4 Å². The molecule has 3 aromatic rings. The fourth-order valence-electron chi connectivity index (χ4n) is 2.76. The molecule has 2 amide bonds. The summed E-state index contributed by atoms with van der Waals surface area (Å²) >= 11 is 2.70. The van der Waals surface area contributed by atoms with Crippen molar-refractivity contribution in [3.05, 3.63) is 59.5 Å². The summed E-state index contributed by atoms with van der Waals surface area (Å²) in [5.74, 6) is -2.47. The number of nitrogens with one attached hydrogen (secondary N) is 2. The number of thiazole rings is 1. The number of rotatable bonds is 8. The van der Waals surface area contributed by atoms with Crippen molar-refractivity contribution in [2.45, 2.75) is 4.90 Å². The summed E-state index contributed by atoms with van der Waals surface area (Å²) < 4.78 is 26.5. The van der Waals surface area contributed by atoms with Gasteiger partial charge in [-0.25, -0.2) is 13.8 Å². The van der Waals surface area contributed by atoms with Crippen molar-refractivity contribution in [1.82, 2.24) is 9.88 Å². The number of hydrogen-bond acceptors (Lipinski definition) is 6. The highest BCUT2D eigenvalue weighted by Gasteiger charge is 2.14. The fraction of sp³-hybridized carbons (Fsp3) is 0.190. The van der Waals surface area contributed by atoms with Crippen molar-refractivity contribution in [3.63, 3.8) is 0 Å². The van der Waals surface area contributed by atoms with E-state index in [-0.39, 0.29) is 24.9 Å². The number of carbonyl (C=O) groups excluding carboxylic acids is 2. The molecule has 10 heteroatoms. The summed E-state index contributed by atoms with van der Waals surface area (Å²) in [5.41, 5.74) is 1.57. The van der Waals surface area contributed by atoms with E-state index in [0.29, 0.717) is 16.4 Å². The minimum atomic E-state index is -0.962. The first kappa shape index (κ1) is 22.9. The van der Waals surface area contributed by atoms with Crippen LogP contribution in [0.4, 0.5) is 19.6 Å². The van der Waals surface area contributed by atoms with Gasteiger partial charge in [0.15, 0.2) is 16.8 Å². The molecule has 0 bridgehead atoms. The van der Waals surface area contributed by atoms with Crippen LogP contribution in [-0.4, -0.2) is 48.1 Å². The van der Waals surface area contributed by atoms with Crippen LogP contribution in [0.15, 0.2) is 52.7 Å². The van der Waals surface area contributed by atoms with Crippen LogP contribution >= 0.6 is 23.1 Å². The first-order valence-electron chi connectivity index (χ1n) is 9.18. The van der Waals surface area contributed by atoms with Crippen molar-refractivity contribution in [2.75, 3.05) is 37.0 Å². The predicted octanol–water partition coefficient (Wildman–Crippen LogP) is 4.32. The van der Waals surface area contributed by atoms with Crippen LogP contribution in [-0.2, 0) is 9.59 Å². The van der Waals surface area contributed by atoms with E-state index in [2.05, 4.69) is 15.6 Å². The van der Waals surface area contributed by atoms with Gasteiger partial charge in [0.2, 0.25) is 11.8 Å². The zero-order chi connectivity index (χ0) is 22.4. The smallest absolute Gasteiger partial charge is 0.240 e. The number of hydrogen-bond donors (Lipinski definition) is 2. The van der Waals surface area contributed by atoms with Crippen molar-refractivity contribution >= 4 is 45.7 Å². The molecular weight excluding hydrogens is 442 g/mol. The molecule has 31 heavy (non-hydrogen) atoms. The Morgan fingerprint density at radius 1 is 1.06 bits per heavy atom. The van der Waals surface area contributed by atoms with Crippen LogP contribution in [0.5, 0.6) is 0 Å². The highest BCUT2D eigenvalue weighted by Crippen LogP contribution is 2.26. The number of aromatic nitrogens is 1. The Hall–Kier alpha value is -2.82. The van der Waals surface area contributed by atoms with Gasteiger partial charge in [-0.05, 0) is 43.6 Å². The fourth-order valence-corrected chi connectivity index (χ4v) is 4.05. The van der Waals surface area contributed by atoms with Gasteiger partial charge in [0.05, 0.1) is 24.5 Å². The summed E-state index contributed by atoms with van der Waals surface area (Å²) in [6, 6.07) is 11.0. The third-order valence-corrected chi connectivity index (χ3v) is 5.73. The van der Waals surface area contributed by atoms with E-state index in [1.165, 1.54) is 29.2 Å². The number of nitrogens with zero attached hydrogens (tertiary/aromatic N) is 2. The van der Waals surface area contributed by atoms with E-state index in [0.717, 1.165) is 22.7 Å². The molecule has 0 spiro atoms. The van der Waals surface area contributed by atoms with E-state index >= 15 is 0 Å². The van der Waals surface area contributed by atoms with E-state index in [4.69, 9.17) is 0 Å². The van der Waals surface area contributed by atoms with Crippen LogP contribution in [0.3, 0.4) is 0 Å². The summed E-state index contributed by atoms with van der Waals surface area (Å²) in [6.07, 6.45) is 1.93. The van der Waals surface area contributed by atoms with Gasteiger partial charge >= 0.3 is 0 Å². The zero-order valence-corrected chi connectivity index (χ0v) is 18.4. The number of carbonyl (C=O) groups is 2. The maximum absolute atomic E-state index is 13.4. The van der Waals surface area contributed by atoms with Gasteiger partial charge in [-0.1, -0.05) is 12.1 Å². The number of thioether (sulfide) groups is 1. The number of para-hydroxylation sites is 1. The Morgan fingerprint density at radius 2 is 1.77 bits per heavy atom. The SMILES string of the molecule is CSc1ccccc1NC(=O)CN(C)CC(=O)Nc1nc(-c2ccc(F)c(F)c2)cs1. The van der Waals surface area contributed by atoms with Gasteiger partial charge in [0.1, 0.15) is 0 Å². The van der Waals surface area contributed by atoms with Gasteiger partial charge in [-0.15, -0.1) is 23.1 Å². The third kappa shape index (κ3) is 6.33. The summed E-state index contributed by atoms with van der Waals surface area (Å²) in [7, 11) is 1.66. The van der Waals surface area contributed by atoms with Gasteiger partial charge < -0.3 is 10.6 Å². The lowest BCUT2D eigenvalue weighted by Crippen LogP contribution is -2.36. The van der Waals surface area contributed by atoms with E-state index in [1.807, 2.05) is 30.5 Å². The Labute approximate surface area is 186 Å². The molecule has 1 heterocycles. The van der Waals surface area contributed by atoms with Gasteiger partial charge in [-0.2, -0.15) is 0 Å². The molecule has 1 aromatic heterocycles. The second-order valence-corrected chi connectivity index (χ2v) is 8.34. The van der Waals surface area contributed by atoms with Gasteiger partial charge in [0, 0.05) is 15.8 Å². The maximum atomic E-state index is 13.4. The Balaban J connectivity index is 1.51. The Morgan fingerprint density at radius 3 is 2.48 bits per heavy atom. The molecule has 0 unspecified atom stereocenters. The van der Waals surface area contributed by atoms with Crippen molar-refractivity contribution < 1.29 is 18.4 Å². The molecule has 0 saturated heterocycles. The Bertz CT molecular complexity index is 1090. The van der Waals surface area contributed by atoms with Crippen LogP contribution < -0.4 is 10.6 Å². The topological polar surface area (TPSA) is 74.3 Å². The highest BCUT2D eigenvalue weighted by molar-refractivity contribution is 7.98. The lowest BCUT2D eigenvalue weighted by Gasteiger charge is -2.16. The largest absolute Gasteiger partial charge is 0.324 e. The molecule has 2 aromatic carbocycles. The Kier molecular flexibility index (Phi) is 7.72. The molecular formula is C21H20F2N4O2S2. The van der Waals surface area contributed by atoms with Crippen molar-refractivity contribution in [3.8, 4) is 11.3 Å². The number of halogens is 2. The molecule has 2 N–H and O–H groups in total. The number of benzene rings is 2. The predicted molar refractivity (Wildman–Crippen MR) is 120 cm³/mol. The minimum Gasteiger partial charge on any atom is -0.324 e. The highest BCUT2D eigenvalue weighted by atomic mass is 32.2. The minimum absolute atomic E-state index is 0.0162. The first-order chi connectivity index (χ1) is 14.9. The third-order valence-electron chi connectivity index (χ3n) is 4.17. The number of likely N-dealkylation sites (N-methyl/N-ethyl adjacent to an activating group) is 1. The molecule has 3 rings (SSSR count).